The van der Waals surface area contributed by atoms with Crippen LogP contribution in [0.3, 0.4) is 0 Å². The van der Waals surface area contributed by atoms with Crippen molar-refractivity contribution in [2.24, 2.45) is 4.99 Å². The summed E-state index contributed by atoms with van der Waals surface area (Å²) in [7, 11) is 0. The number of nitro groups is 1. The van der Waals surface area contributed by atoms with E-state index in [1.165, 1.54) is 30.0 Å². The lowest BCUT2D eigenvalue weighted by Crippen LogP contribution is -2.28. The maximum Gasteiger partial charge on any atom is 0.270 e. The Kier molecular flexibility index (Phi) is 7.20. The van der Waals surface area contributed by atoms with Crippen LogP contribution in [0.15, 0.2) is 105 Å². The Hall–Kier alpha value is -4.14. The molecule has 1 aliphatic rings. The number of carbonyl (C=O) groups excluding carboxylic acids is 1. The highest BCUT2D eigenvalue weighted by atomic mass is 35.5. The Labute approximate surface area is 222 Å². The maximum atomic E-state index is 13.4. The van der Waals surface area contributed by atoms with Gasteiger partial charge in [-0.05, 0) is 41.1 Å². The van der Waals surface area contributed by atoms with Gasteiger partial charge in [0.1, 0.15) is 11.5 Å². The number of aliphatic imine (C=N–C) groups is 1. The minimum Gasteiger partial charge on any atom is -0.457 e. The maximum absolute atomic E-state index is 13.4. The lowest BCUT2D eigenvalue weighted by molar-refractivity contribution is -0.384. The van der Waals surface area contributed by atoms with Gasteiger partial charge in [-0.15, -0.1) is 0 Å². The van der Waals surface area contributed by atoms with Crippen LogP contribution in [0.4, 0.5) is 5.69 Å². The van der Waals surface area contributed by atoms with Gasteiger partial charge in [0.05, 0.1) is 27.9 Å². The van der Waals surface area contributed by atoms with Crippen LogP contribution in [0.2, 0.25) is 5.02 Å². The molecule has 3 aromatic carbocycles. The summed E-state index contributed by atoms with van der Waals surface area (Å²) >= 11 is 7.55. The van der Waals surface area contributed by atoms with Crippen LogP contribution in [0.1, 0.15) is 16.9 Å². The first-order valence-electron chi connectivity index (χ1n) is 11.4. The molecule has 0 unspecified atom stereocenters. The molecule has 1 amide bonds. The Morgan fingerprint density at radius 1 is 0.973 bits per heavy atom. The summed E-state index contributed by atoms with van der Waals surface area (Å²) in [6, 6.07) is 27.1. The number of amides is 1. The predicted octanol–water partition coefficient (Wildman–Crippen LogP) is 7.18. The number of benzene rings is 3. The van der Waals surface area contributed by atoms with Gasteiger partial charge >= 0.3 is 0 Å². The summed E-state index contributed by atoms with van der Waals surface area (Å²) < 4.78 is 5.91. The van der Waals surface area contributed by atoms with Gasteiger partial charge in [0.2, 0.25) is 0 Å². The number of nitrogens with zero attached hydrogens (tertiary/aromatic N) is 3. The zero-order valence-electron chi connectivity index (χ0n) is 19.4. The van der Waals surface area contributed by atoms with Crippen LogP contribution in [-0.4, -0.2) is 20.9 Å². The molecule has 0 bridgehead atoms. The molecule has 1 aromatic heterocycles. The molecule has 0 N–H and O–H groups in total. The second kappa shape index (κ2) is 10.9. The Morgan fingerprint density at radius 3 is 2.38 bits per heavy atom. The molecule has 0 spiro atoms. The fourth-order valence-corrected chi connectivity index (χ4v) is 4.96. The summed E-state index contributed by atoms with van der Waals surface area (Å²) in [6.45, 7) is 0.843. The molecule has 184 valence electrons. The standard InChI is InChI=1S/C28H20ClN3O4S/c29-24-13-11-21(32(34)35)15-23(24)25-14-12-22(36-25)16-26-27(33)31(18-20-9-5-2-6-10-20)28(37-26)30-17-19-7-3-1-4-8-19/h1-16H,17-18H2. The fraction of sp³-hybridized carbons (Fsp3) is 0.0714. The van der Waals surface area contributed by atoms with E-state index in [0.29, 0.717) is 45.3 Å². The average Bonchev–Trinajstić information content (AvgIpc) is 3.49. The zero-order chi connectivity index (χ0) is 25.8. The quantitative estimate of drug-likeness (QED) is 0.144. The van der Waals surface area contributed by atoms with Crippen LogP contribution in [0.5, 0.6) is 0 Å². The number of hydrogen-bond acceptors (Lipinski definition) is 6. The number of thioether (sulfide) groups is 1. The normalized spacial score (nSPS) is 15.6. The molecule has 1 fully saturated rings. The van der Waals surface area contributed by atoms with Crippen molar-refractivity contribution < 1.29 is 14.1 Å². The predicted molar refractivity (Wildman–Crippen MR) is 146 cm³/mol. The highest BCUT2D eigenvalue weighted by molar-refractivity contribution is 8.18. The molecule has 0 aliphatic carbocycles. The Morgan fingerprint density at radius 2 is 1.68 bits per heavy atom. The van der Waals surface area contributed by atoms with Gasteiger partial charge in [-0.1, -0.05) is 72.3 Å². The smallest absolute Gasteiger partial charge is 0.270 e. The molecular formula is C28H20ClN3O4S. The van der Waals surface area contributed by atoms with E-state index >= 15 is 0 Å². The molecule has 5 rings (SSSR count). The molecule has 37 heavy (non-hydrogen) atoms. The van der Waals surface area contributed by atoms with Gasteiger partial charge in [-0.3, -0.25) is 24.8 Å². The molecule has 2 heterocycles. The number of rotatable bonds is 7. The molecule has 0 atom stereocenters. The number of nitro benzene ring substituents is 1. The van der Waals surface area contributed by atoms with E-state index < -0.39 is 4.92 Å². The number of carbonyl (C=O) groups is 1. The first-order chi connectivity index (χ1) is 18.0. The molecule has 1 aliphatic heterocycles. The minimum absolute atomic E-state index is 0.0898. The summed E-state index contributed by atoms with van der Waals surface area (Å²) in [4.78, 5) is 31.0. The van der Waals surface area contributed by atoms with Crippen molar-refractivity contribution in [1.82, 2.24) is 4.90 Å². The van der Waals surface area contributed by atoms with E-state index in [-0.39, 0.29) is 11.6 Å². The summed E-state index contributed by atoms with van der Waals surface area (Å²) in [5, 5.41) is 12.1. The van der Waals surface area contributed by atoms with Crippen LogP contribution in [0.25, 0.3) is 17.4 Å². The van der Waals surface area contributed by atoms with Gasteiger partial charge < -0.3 is 4.42 Å². The van der Waals surface area contributed by atoms with Gasteiger partial charge in [0.15, 0.2) is 5.17 Å². The third-order valence-corrected chi connectivity index (χ3v) is 7.01. The van der Waals surface area contributed by atoms with E-state index in [4.69, 9.17) is 21.0 Å². The zero-order valence-corrected chi connectivity index (χ0v) is 21.0. The summed E-state index contributed by atoms with van der Waals surface area (Å²) in [6.07, 6.45) is 1.66. The Balaban J connectivity index is 1.44. The van der Waals surface area contributed by atoms with E-state index in [1.54, 1.807) is 23.1 Å². The molecule has 0 radical (unpaired) electrons. The van der Waals surface area contributed by atoms with Gasteiger partial charge in [-0.25, -0.2) is 0 Å². The summed E-state index contributed by atoms with van der Waals surface area (Å²) in [5.41, 5.74) is 2.35. The van der Waals surface area contributed by atoms with Gasteiger partial charge in [0.25, 0.3) is 11.6 Å². The number of non-ortho nitro benzene ring substituents is 1. The molecule has 9 heteroatoms. The second-order valence-electron chi connectivity index (χ2n) is 8.20. The number of furan rings is 1. The minimum atomic E-state index is -0.489. The van der Waals surface area contributed by atoms with Crippen LogP contribution in [-0.2, 0) is 17.9 Å². The highest BCUT2D eigenvalue weighted by Gasteiger charge is 2.33. The monoisotopic (exact) mass is 529 g/mol. The lowest BCUT2D eigenvalue weighted by Gasteiger charge is -2.15. The van der Waals surface area contributed by atoms with Crippen LogP contribution in [0, 0.1) is 10.1 Å². The van der Waals surface area contributed by atoms with Crippen molar-refractivity contribution in [3.05, 3.63) is 128 Å². The lowest BCUT2D eigenvalue weighted by atomic mass is 10.1. The van der Waals surface area contributed by atoms with E-state index in [0.717, 1.165) is 11.1 Å². The van der Waals surface area contributed by atoms with Crippen LogP contribution >= 0.6 is 23.4 Å². The van der Waals surface area contributed by atoms with E-state index in [9.17, 15) is 14.9 Å². The van der Waals surface area contributed by atoms with Gasteiger partial charge in [0, 0.05) is 23.8 Å². The molecule has 1 saturated heterocycles. The Bertz CT molecular complexity index is 1520. The summed E-state index contributed by atoms with van der Waals surface area (Å²) in [5.74, 6) is 0.625. The molecule has 4 aromatic rings. The molecular weight excluding hydrogens is 510 g/mol. The van der Waals surface area contributed by atoms with Gasteiger partial charge in [-0.2, -0.15) is 0 Å². The van der Waals surface area contributed by atoms with Crippen molar-refractivity contribution >= 4 is 46.2 Å². The van der Waals surface area contributed by atoms with Crippen molar-refractivity contribution in [2.75, 3.05) is 0 Å². The number of amidine groups is 1. The van der Waals surface area contributed by atoms with E-state index in [1.807, 2.05) is 60.7 Å². The first-order valence-corrected chi connectivity index (χ1v) is 12.6. The van der Waals surface area contributed by atoms with E-state index in [2.05, 4.69) is 0 Å². The van der Waals surface area contributed by atoms with Crippen molar-refractivity contribution in [2.45, 2.75) is 13.1 Å². The highest BCUT2D eigenvalue weighted by Crippen LogP contribution is 2.36. The largest absolute Gasteiger partial charge is 0.457 e. The van der Waals surface area contributed by atoms with Crippen molar-refractivity contribution in [3.63, 3.8) is 0 Å². The van der Waals surface area contributed by atoms with Crippen molar-refractivity contribution in [3.8, 4) is 11.3 Å². The van der Waals surface area contributed by atoms with Crippen molar-refractivity contribution in [1.29, 1.82) is 0 Å². The van der Waals surface area contributed by atoms with Crippen LogP contribution < -0.4 is 0 Å². The molecule has 7 nitrogen and oxygen atoms in total. The number of hydrogen-bond donors (Lipinski definition) is 0. The third-order valence-electron chi connectivity index (χ3n) is 5.64. The SMILES string of the molecule is O=C1C(=Cc2ccc(-c3cc([N+](=O)[O-])ccc3Cl)o2)SC(=NCc2ccccc2)N1Cc1ccccc1. The fourth-order valence-electron chi connectivity index (χ4n) is 3.79. The topological polar surface area (TPSA) is 88.9 Å². The third kappa shape index (κ3) is 5.66. The second-order valence-corrected chi connectivity index (χ2v) is 9.61. The first kappa shape index (κ1) is 24.5. The molecule has 0 saturated carbocycles. The number of halogens is 1. The average molecular weight is 530 g/mol.